The molecule has 0 saturated heterocycles. The highest BCUT2D eigenvalue weighted by molar-refractivity contribution is 5.86. The topological polar surface area (TPSA) is 35.6 Å². The van der Waals surface area contributed by atoms with E-state index in [-0.39, 0.29) is 5.56 Å². The molecule has 2 aromatic carbocycles. The first-order valence-corrected chi connectivity index (χ1v) is 7.46. The summed E-state index contributed by atoms with van der Waals surface area (Å²) in [7, 11) is 1.63. The Balaban J connectivity index is 2.03. The van der Waals surface area contributed by atoms with Crippen LogP contribution < -0.4 is 10.3 Å². The number of hydrogen-bond acceptors (Lipinski definition) is 2. The fourth-order valence-corrected chi connectivity index (χ4v) is 3.05. The maximum atomic E-state index is 13.0. The molecule has 0 N–H and O–H groups in total. The molecule has 2 heterocycles. The average Bonchev–Trinajstić information content (AvgIpc) is 2.95. The van der Waals surface area contributed by atoms with Crippen molar-refractivity contribution in [1.82, 2.24) is 8.97 Å². The van der Waals surface area contributed by atoms with E-state index in [0.29, 0.717) is 5.52 Å². The van der Waals surface area contributed by atoms with E-state index in [1.54, 1.807) is 11.7 Å². The zero-order valence-electron chi connectivity index (χ0n) is 13.0. The minimum atomic E-state index is -0.0219. The molecule has 0 aliphatic heterocycles. The Bertz CT molecular complexity index is 1070. The summed E-state index contributed by atoms with van der Waals surface area (Å²) < 4.78 is 8.88. The Hall–Kier alpha value is -3.01. The van der Waals surface area contributed by atoms with E-state index in [1.807, 2.05) is 72.1 Å². The van der Waals surface area contributed by atoms with Crippen molar-refractivity contribution >= 4 is 16.4 Å². The Morgan fingerprint density at radius 2 is 1.70 bits per heavy atom. The molecule has 4 heteroatoms. The lowest BCUT2D eigenvalue weighted by molar-refractivity contribution is 0.414. The van der Waals surface area contributed by atoms with E-state index in [4.69, 9.17) is 4.74 Å². The molecule has 0 bridgehead atoms. The van der Waals surface area contributed by atoms with Crippen LogP contribution in [0.2, 0.25) is 0 Å². The Morgan fingerprint density at radius 1 is 0.957 bits per heavy atom. The fraction of sp³-hybridized carbons (Fsp3) is 0.105. The predicted molar refractivity (Wildman–Crippen MR) is 91.8 cm³/mol. The van der Waals surface area contributed by atoms with Crippen LogP contribution in [0.4, 0.5) is 0 Å². The molecule has 0 aliphatic carbocycles. The predicted octanol–water partition coefficient (Wildman–Crippen LogP) is 3.56. The number of rotatable bonds is 2. The van der Waals surface area contributed by atoms with Crippen LogP contribution >= 0.6 is 0 Å². The molecule has 4 aromatic rings. The van der Waals surface area contributed by atoms with Crippen LogP contribution in [0.25, 0.3) is 22.1 Å². The summed E-state index contributed by atoms with van der Waals surface area (Å²) >= 11 is 0. The summed E-state index contributed by atoms with van der Waals surface area (Å²) in [4.78, 5) is 13.0. The third-order valence-electron chi connectivity index (χ3n) is 4.17. The summed E-state index contributed by atoms with van der Waals surface area (Å²) in [5, 5.41) is 1.07. The second-order valence-corrected chi connectivity index (χ2v) is 5.57. The van der Waals surface area contributed by atoms with Gasteiger partial charge in [-0.1, -0.05) is 18.2 Å². The maximum absolute atomic E-state index is 13.0. The van der Waals surface area contributed by atoms with Crippen LogP contribution in [0, 0.1) is 6.92 Å². The molecular weight excluding hydrogens is 288 g/mol. The molecule has 23 heavy (non-hydrogen) atoms. The van der Waals surface area contributed by atoms with Gasteiger partial charge in [0.25, 0.3) is 5.56 Å². The van der Waals surface area contributed by atoms with E-state index in [1.165, 1.54) is 0 Å². The minimum Gasteiger partial charge on any atom is -0.497 e. The van der Waals surface area contributed by atoms with E-state index in [2.05, 4.69) is 0 Å². The molecular formula is C19H16N2O2. The van der Waals surface area contributed by atoms with Crippen molar-refractivity contribution in [3.05, 3.63) is 76.8 Å². The van der Waals surface area contributed by atoms with Crippen LogP contribution in [0.5, 0.6) is 5.75 Å². The second kappa shape index (κ2) is 5.02. The molecule has 0 radical (unpaired) electrons. The first-order valence-electron chi connectivity index (χ1n) is 7.46. The van der Waals surface area contributed by atoms with Crippen LogP contribution in [0.15, 0.2) is 65.6 Å². The summed E-state index contributed by atoms with van der Waals surface area (Å²) in [6.07, 6.45) is 2.00. The molecule has 4 rings (SSSR count). The van der Waals surface area contributed by atoms with Gasteiger partial charge in [0.15, 0.2) is 0 Å². The number of fused-ring (bicyclic) bond motifs is 3. The number of nitrogens with zero attached hydrogens (tertiary/aromatic N) is 2. The van der Waals surface area contributed by atoms with E-state index >= 15 is 0 Å². The average molecular weight is 304 g/mol. The first-order chi connectivity index (χ1) is 11.2. The normalized spacial score (nSPS) is 11.2. The monoisotopic (exact) mass is 304 g/mol. The molecule has 0 aliphatic rings. The van der Waals surface area contributed by atoms with Crippen molar-refractivity contribution in [1.29, 1.82) is 0 Å². The number of ether oxygens (including phenoxy) is 1. The number of hydrogen-bond donors (Lipinski definition) is 0. The number of benzene rings is 2. The lowest BCUT2D eigenvalue weighted by atomic mass is 10.2. The Labute approximate surface area is 133 Å². The van der Waals surface area contributed by atoms with E-state index < -0.39 is 0 Å². The van der Waals surface area contributed by atoms with Gasteiger partial charge in [-0.2, -0.15) is 0 Å². The van der Waals surface area contributed by atoms with Crippen molar-refractivity contribution in [2.45, 2.75) is 6.92 Å². The highest BCUT2D eigenvalue weighted by atomic mass is 16.5. The quantitative estimate of drug-likeness (QED) is 0.567. The lowest BCUT2D eigenvalue weighted by Gasteiger charge is -2.12. The lowest BCUT2D eigenvalue weighted by Crippen LogP contribution is -2.22. The van der Waals surface area contributed by atoms with Crippen molar-refractivity contribution in [2.24, 2.45) is 0 Å². The third kappa shape index (κ3) is 2.03. The highest BCUT2D eigenvalue weighted by Crippen LogP contribution is 2.20. The van der Waals surface area contributed by atoms with Crippen LogP contribution in [0.1, 0.15) is 5.69 Å². The zero-order valence-corrected chi connectivity index (χ0v) is 13.0. The van der Waals surface area contributed by atoms with Crippen LogP contribution in [-0.2, 0) is 0 Å². The molecule has 0 fully saturated rings. The molecule has 0 spiro atoms. The van der Waals surface area contributed by atoms with Crippen molar-refractivity contribution in [3.63, 3.8) is 0 Å². The van der Waals surface area contributed by atoms with Crippen LogP contribution in [-0.4, -0.2) is 16.1 Å². The molecule has 2 aromatic heterocycles. The molecule has 0 amide bonds. The van der Waals surface area contributed by atoms with E-state index in [9.17, 15) is 4.79 Å². The van der Waals surface area contributed by atoms with Crippen LogP contribution in [0.3, 0.4) is 0 Å². The Kier molecular flexibility index (Phi) is 2.98. The summed E-state index contributed by atoms with van der Waals surface area (Å²) in [5.74, 6) is 0.772. The van der Waals surface area contributed by atoms with Gasteiger partial charge in [0, 0.05) is 23.0 Å². The van der Waals surface area contributed by atoms with E-state index in [0.717, 1.165) is 28.0 Å². The minimum absolute atomic E-state index is 0.0219. The first kappa shape index (κ1) is 13.6. The van der Waals surface area contributed by atoms with Gasteiger partial charge in [-0.25, -0.2) is 0 Å². The van der Waals surface area contributed by atoms with Gasteiger partial charge in [-0.15, -0.1) is 0 Å². The van der Waals surface area contributed by atoms with Crippen molar-refractivity contribution < 1.29 is 4.74 Å². The summed E-state index contributed by atoms with van der Waals surface area (Å²) in [6.45, 7) is 1.94. The number of aryl methyl sites for hydroxylation is 1. The summed E-state index contributed by atoms with van der Waals surface area (Å²) in [6, 6.07) is 17.5. The largest absolute Gasteiger partial charge is 0.497 e. The molecule has 4 nitrogen and oxygen atoms in total. The van der Waals surface area contributed by atoms with Gasteiger partial charge < -0.3 is 9.14 Å². The van der Waals surface area contributed by atoms with Gasteiger partial charge in [-0.05, 0) is 43.3 Å². The molecule has 0 atom stereocenters. The number of para-hydroxylation sites is 1. The molecule has 0 unspecified atom stereocenters. The van der Waals surface area contributed by atoms with Gasteiger partial charge in [-0.3, -0.25) is 9.36 Å². The van der Waals surface area contributed by atoms with Crippen molar-refractivity contribution in [2.75, 3.05) is 7.11 Å². The number of methoxy groups -OCH3 is 1. The molecule has 114 valence electrons. The maximum Gasteiger partial charge on any atom is 0.279 e. The van der Waals surface area contributed by atoms with Crippen molar-refractivity contribution in [3.8, 4) is 11.4 Å². The van der Waals surface area contributed by atoms with Gasteiger partial charge in [0.05, 0.1) is 12.6 Å². The van der Waals surface area contributed by atoms with Gasteiger partial charge >= 0.3 is 0 Å². The fourth-order valence-electron chi connectivity index (χ4n) is 3.05. The highest BCUT2D eigenvalue weighted by Gasteiger charge is 2.11. The SMILES string of the molecule is COc1ccc(-n2c(C)cn3c(cc4ccccc43)c2=O)cc1. The Morgan fingerprint density at radius 3 is 2.43 bits per heavy atom. The molecule has 0 saturated carbocycles. The zero-order chi connectivity index (χ0) is 16.0. The third-order valence-corrected chi connectivity index (χ3v) is 4.17. The number of aromatic nitrogens is 2. The van der Waals surface area contributed by atoms with Gasteiger partial charge in [0.1, 0.15) is 11.3 Å². The second-order valence-electron chi connectivity index (χ2n) is 5.57. The smallest absolute Gasteiger partial charge is 0.279 e. The standard InChI is InChI=1S/C19H16N2O2/c1-13-12-20-17-6-4-3-5-14(17)11-18(20)19(22)21(13)15-7-9-16(23-2)10-8-15/h3-12H,1-2H3. The summed E-state index contributed by atoms with van der Waals surface area (Å²) in [5.41, 5.74) is 3.42. The van der Waals surface area contributed by atoms with Gasteiger partial charge in [0.2, 0.25) is 0 Å².